The number of halogens is 2. The molecule has 0 radical (unpaired) electrons. The van der Waals surface area contributed by atoms with Crippen LogP contribution in [0.5, 0.6) is 0 Å². The Labute approximate surface area is 136 Å². The summed E-state index contributed by atoms with van der Waals surface area (Å²) in [6, 6.07) is 11.6. The second-order valence-corrected chi connectivity index (χ2v) is 6.06. The first kappa shape index (κ1) is 15.6. The zero-order valence-corrected chi connectivity index (χ0v) is 13.8. The van der Waals surface area contributed by atoms with Crippen molar-refractivity contribution < 1.29 is 9.18 Å². The number of carbonyl (C=O) groups excluding carboxylic acids is 1. The van der Waals surface area contributed by atoms with Gasteiger partial charge >= 0.3 is 0 Å². The van der Waals surface area contributed by atoms with Crippen LogP contribution in [0.15, 0.2) is 36.4 Å². The number of nitrogens with zero attached hydrogens (tertiary/aromatic N) is 1. The Kier molecular flexibility index (Phi) is 4.73. The SMILES string of the molecule is Cc1ccc(C(C#N)C(=O)c2ccc(F)cc2I)cc1C. The van der Waals surface area contributed by atoms with Crippen molar-refractivity contribution in [3.05, 3.63) is 68.0 Å². The zero-order chi connectivity index (χ0) is 15.6. The molecule has 2 aromatic rings. The Morgan fingerprint density at radius 1 is 1.19 bits per heavy atom. The molecular formula is C17H13FINO. The Balaban J connectivity index is 2.43. The minimum atomic E-state index is -0.872. The number of hydrogen-bond acceptors (Lipinski definition) is 2. The number of Topliss-reactive ketones (excluding diaryl/α,β-unsaturated/α-hetero) is 1. The van der Waals surface area contributed by atoms with Gasteiger partial charge in [0.05, 0.1) is 6.07 Å². The molecule has 0 aliphatic rings. The van der Waals surface area contributed by atoms with E-state index in [1.165, 1.54) is 18.2 Å². The number of nitriles is 1. The third kappa shape index (κ3) is 3.30. The van der Waals surface area contributed by atoms with E-state index in [0.29, 0.717) is 14.7 Å². The van der Waals surface area contributed by atoms with Gasteiger partial charge in [0.1, 0.15) is 11.7 Å². The number of carbonyl (C=O) groups is 1. The van der Waals surface area contributed by atoms with E-state index < -0.39 is 11.7 Å². The highest BCUT2D eigenvalue weighted by Gasteiger charge is 2.24. The van der Waals surface area contributed by atoms with Gasteiger partial charge in [-0.25, -0.2) is 4.39 Å². The van der Waals surface area contributed by atoms with Gasteiger partial charge in [-0.05, 0) is 71.3 Å². The molecule has 0 aliphatic heterocycles. The smallest absolute Gasteiger partial charge is 0.185 e. The number of benzene rings is 2. The lowest BCUT2D eigenvalue weighted by atomic mass is 9.90. The third-order valence-corrected chi connectivity index (χ3v) is 4.34. The molecular weight excluding hydrogens is 380 g/mol. The molecule has 2 nitrogen and oxygen atoms in total. The molecule has 106 valence electrons. The molecule has 0 bridgehead atoms. The van der Waals surface area contributed by atoms with Crippen molar-refractivity contribution in [3.63, 3.8) is 0 Å². The van der Waals surface area contributed by atoms with Crippen LogP contribution in [0.4, 0.5) is 4.39 Å². The quantitative estimate of drug-likeness (QED) is 0.568. The van der Waals surface area contributed by atoms with E-state index in [9.17, 15) is 14.4 Å². The van der Waals surface area contributed by atoms with Gasteiger partial charge in [0, 0.05) is 9.13 Å². The van der Waals surface area contributed by atoms with Gasteiger partial charge in [-0.1, -0.05) is 18.2 Å². The van der Waals surface area contributed by atoms with Crippen LogP contribution in [0, 0.1) is 34.6 Å². The predicted octanol–water partition coefficient (Wildman–Crippen LogP) is 4.54. The molecule has 1 unspecified atom stereocenters. The summed E-state index contributed by atoms with van der Waals surface area (Å²) in [5, 5.41) is 9.37. The summed E-state index contributed by atoms with van der Waals surface area (Å²) < 4.78 is 13.6. The highest BCUT2D eigenvalue weighted by atomic mass is 127. The molecule has 0 aliphatic carbocycles. The fraction of sp³-hybridized carbons (Fsp3) is 0.176. The Bertz CT molecular complexity index is 749. The van der Waals surface area contributed by atoms with Gasteiger partial charge in [0.2, 0.25) is 0 Å². The largest absolute Gasteiger partial charge is 0.292 e. The molecule has 0 amide bonds. The number of rotatable bonds is 3. The van der Waals surface area contributed by atoms with Gasteiger partial charge < -0.3 is 0 Å². The molecule has 4 heteroatoms. The molecule has 0 saturated heterocycles. The van der Waals surface area contributed by atoms with Gasteiger partial charge in [-0.2, -0.15) is 5.26 Å². The van der Waals surface area contributed by atoms with Gasteiger partial charge in [-0.3, -0.25) is 4.79 Å². The lowest BCUT2D eigenvalue weighted by Gasteiger charge is -2.12. The summed E-state index contributed by atoms with van der Waals surface area (Å²) in [6.45, 7) is 3.92. The van der Waals surface area contributed by atoms with Crippen molar-refractivity contribution in [2.75, 3.05) is 0 Å². The maximum atomic E-state index is 13.1. The summed E-state index contributed by atoms with van der Waals surface area (Å²) in [7, 11) is 0. The zero-order valence-electron chi connectivity index (χ0n) is 11.7. The lowest BCUT2D eigenvalue weighted by molar-refractivity contribution is 0.0978. The molecule has 2 aromatic carbocycles. The van der Waals surface area contributed by atoms with Gasteiger partial charge in [-0.15, -0.1) is 0 Å². The van der Waals surface area contributed by atoms with Crippen molar-refractivity contribution in [1.82, 2.24) is 0 Å². The average molecular weight is 393 g/mol. The van der Waals surface area contributed by atoms with Crippen molar-refractivity contribution in [3.8, 4) is 6.07 Å². The van der Waals surface area contributed by atoms with E-state index >= 15 is 0 Å². The van der Waals surface area contributed by atoms with Crippen molar-refractivity contribution >= 4 is 28.4 Å². The maximum Gasteiger partial charge on any atom is 0.185 e. The Morgan fingerprint density at radius 2 is 1.90 bits per heavy atom. The highest BCUT2D eigenvalue weighted by molar-refractivity contribution is 14.1. The second kappa shape index (κ2) is 6.35. The molecule has 0 fully saturated rings. The van der Waals surface area contributed by atoms with Gasteiger partial charge in [0.25, 0.3) is 0 Å². The van der Waals surface area contributed by atoms with E-state index in [-0.39, 0.29) is 5.78 Å². The van der Waals surface area contributed by atoms with Crippen LogP contribution in [0.3, 0.4) is 0 Å². The second-order valence-electron chi connectivity index (χ2n) is 4.89. The molecule has 21 heavy (non-hydrogen) atoms. The molecule has 0 spiro atoms. The summed E-state index contributed by atoms with van der Waals surface area (Å²) in [5.74, 6) is -1.57. The first-order valence-electron chi connectivity index (χ1n) is 6.40. The van der Waals surface area contributed by atoms with Crippen LogP contribution in [0.25, 0.3) is 0 Å². The Hall–Kier alpha value is -1.74. The van der Waals surface area contributed by atoms with E-state index in [1.54, 1.807) is 6.07 Å². The van der Waals surface area contributed by atoms with Crippen molar-refractivity contribution in [1.29, 1.82) is 5.26 Å². The summed E-state index contributed by atoms with van der Waals surface area (Å²) in [5.41, 5.74) is 3.20. The fourth-order valence-electron chi connectivity index (χ4n) is 2.07. The van der Waals surface area contributed by atoms with Crippen LogP contribution in [0.2, 0.25) is 0 Å². The minimum absolute atomic E-state index is 0.301. The van der Waals surface area contributed by atoms with Crippen LogP contribution < -0.4 is 0 Å². The summed E-state index contributed by atoms with van der Waals surface area (Å²) >= 11 is 1.91. The maximum absolute atomic E-state index is 13.1. The van der Waals surface area contributed by atoms with Crippen molar-refractivity contribution in [2.45, 2.75) is 19.8 Å². The number of hydrogen-bond donors (Lipinski definition) is 0. The molecule has 0 aromatic heterocycles. The molecule has 0 saturated carbocycles. The minimum Gasteiger partial charge on any atom is -0.292 e. The average Bonchev–Trinajstić information content (AvgIpc) is 2.43. The number of ketones is 1. The normalized spacial score (nSPS) is 11.8. The molecule has 2 rings (SSSR count). The standard InChI is InChI=1S/C17H13FINO/c1-10-3-4-12(7-11(10)2)15(9-20)17(21)14-6-5-13(18)8-16(14)19/h3-8,15H,1-2H3. The fourth-order valence-corrected chi connectivity index (χ4v) is 2.82. The molecule has 1 atom stereocenters. The van der Waals surface area contributed by atoms with E-state index in [2.05, 4.69) is 6.07 Å². The van der Waals surface area contributed by atoms with E-state index in [1.807, 2.05) is 48.6 Å². The highest BCUT2D eigenvalue weighted by Crippen LogP contribution is 2.25. The summed E-state index contributed by atoms with van der Waals surface area (Å²) in [4.78, 5) is 12.6. The first-order valence-corrected chi connectivity index (χ1v) is 7.48. The van der Waals surface area contributed by atoms with Gasteiger partial charge in [0.15, 0.2) is 5.78 Å². The Morgan fingerprint density at radius 3 is 2.48 bits per heavy atom. The van der Waals surface area contributed by atoms with Crippen LogP contribution in [0.1, 0.15) is 33.0 Å². The lowest BCUT2D eigenvalue weighted by Crippen LogP contribution is -2.13. The topological polar surface area (TPSA) is 40.9 Å². The van der Waals surface area contributed by atoms with Crippen molar-refractivity contribution in [2.24, 2.45) is 0 Å². The predicted molar refractivity (Wildman–Crippen MR) is 87.7 cm³/mol. The van der Waals surface area contributed by atoms with Crippen LogP contribution in [-0.2, 0) is 0 Å². The van der Waals surface area contributed by atoms with E-state index in [4.69, 9.17) is 0 Å². The molecule has 0 heterocycles. The monoisotopic (exact) mass is 393 g/mol. The van der Waals surface area contributed by atoms with Crippen LogP contribution in [-0.4, -0.2) is 5.78 Å². The van der Waals surface area contributed by atoms with Crippen LogP contribution >= 0.6 is 22.6 Å². The van der Waals surface area contributed by atoms with E-state index in [0.717, 1.165) is 11.1 Å². The summed E-state index contributed by atoms with van der Waals surface area (Å²) in [6.07, 6.45) is 0. The first-order chi connectivity index (χ1) is 9.93. The number of aryl methyl sites for hydroxylation is 2. The molecule has 0 N–H and O–H groups in total. The third-order valence-electron chi connectivity index (χ3n) is 3.45.